The van der Waals surface area contributed by atoms with Gasteiger partial charge in [0.05, 0.1) is 6.54 Å². The lowest BCUT2D eigenvalue weighted by Gasteiger charge is -2.27. The van der Waals surface area contributed by atoms with Crippen LogP contribution in [0.5, 0.6) is 5.75 Å². The molecule has 2 aromatic rings. The van der Waals surface area contributed by atoms with Crippen molar-refractivity contribution in [3.63, 3.8) is 0 Å². The number of likely N-dealkylation sites (tertiary alicyclic amines) is 1. The van der Waals surface area contributed by atoms with Crippen molar-refractivity contribution in [2.45, 2.75) is 57.3 Å². The maximum atomic E-state index is 13.5. The SMILES string of the molecule is C=C(/C=C\C)C[C@H](NC(=O)[C@@H]1CC(Oc2ccncc2)CN1C(=O)CC(N)c1ccccc1C)C(=O)NC. The average molecular weight is 520 g/mol. The van der Waals surface area contributed by atoms with E-state index >= 15 is 0 Å². The zero-order valence-corrected chi connectivity index (χ0v) is 22.2. The van der Waals surface area contributed by atoms with Gasteiger partial charge in [-0.2, -0.15) is 0 Å². The van der Waals surface area contributed by atoms with Crippen molar-refractivity contribution in [3.05, 3.63) is 84.2 Å². The van der Waals surface area contributed by atoms with Crippen LogP contribution in [0, 0.1) is 6.92 Å². The van der Waals surface area contributed by atoms with E-state index < -0.39 is 30.1 Å². The number of carbonyl (C=O) groups is 3. The monoisotopic (exact) mass is 519 g/mol. The van der Waals surface area contributed by atoms with Gasteiger partial charge in [0.25, 0.3) is 0 Å². The molecule has 1 aromatic heterocycles. The van der Waals surface area contributed by atoms with Gasteiger partial charge < -0.3 is 26.0 Å². The molecule has 1 aromatic carbocycles. The fourth-order valence-corrected chi connectivity index (χ4v) is 4.65. The Morgan fingerprint density at radius 3 is 2.58 bits per heavy atom. The molecule has 1 aliphatic rings. The van der Waals surface area contributed by atoms with E-state index in [0.717, 1.165) is 11.1 Å². The summed E-state index contributed by atoms with van der Waals surface area (Å²) in [7, 11) is 1.51. The summed E-state index contributed by atoms with van der Waals surface area (Å²) in [6.07, 6.45) is 6.98. The quantitative estimate of drug-likeness (QED) is 0.392. The number of nitrogens with zero attached hydrogens (tertiary/aromatic N) is 2. The summed E-state index contributed by atoms with van der Waals surface area (Å²) in [5.41, 5.74) is 8.99. The van der Waals surface area contributed by atoms with E-state index in [4.69, 9.17) is 10.5 Å². The number of aryl methyl sites for hydroxylation is 1. The average Bonchev–Trinajstić information content (AvgIpc) is 3.32. The number of hydrogen-bond donors (Lipinski definition) is 3. The number of allylic oxidation sites excluding steroid dienone is 2. The van der Waals surface area contributed by atoms with Crippen LogP contribution in [0.1, 0.15) is 43.4 Å². The molecule has 1 saturated heterocycles. The van der Waals surface area contributed by atoms with Gasteiger partial charge in [-0.25, -0.2) is 0 Å². The predicted molar refractivity (Wildman–Crippen MR) is 146 cm³/mol. The van der Waals surface area contributed by atoms with Gasteiger partial charge in [0.2, 0.25) is 17.7 Å². The molecule has 38 heavy (non-hydrogen) atoms. The van der Waals surface area contributed by atoms with Crippen LogP contribution in [0.2, 0.25) is 0 Å². The van der Waals surface area contributed by atoms with E-state index in [1.807, 2.05) is 44.2 Å². The maximum Gasteiger partial charge on any atom is 0.243 e. The first-order valence-corrected chi connectivity index (χ1v) is 12.7. The van der Waals surface area contributed by atoms with Gasteiger partial charge >= 0.3 is 0 Å². The first kappa shape index (κ1) is 28.6. The summed E-state index contributed by atoms with van der Waals surface area (Å²) in [4.78, 5) is 45.0. The third-order valence-corrected chi connectivity index (χ3v) is 6.57. The molecule has 9 nitrogen and oxygen atoms in total. The van der Waals surface area contributed by atoms with Crippen molar-refractivity contribution in [2.75, 3.05) is 13.6 Å². The van der Waals surface area contributed by atoms with E-state index in [9.17, 15) is 14.4 Å². The summed E-state index contributed by atoms with van der Waals surface area (Å²) in [6.45, 7) is 7.97. The molecule has 0 aliphatic carbocycles. The molecular weight excluding hydrogens is 482 g/mol. The summed E-state index contributed by atoms with van der Waals surface area (Å²) in [5.74, 6) is -0.422. The second-order valence-corrected chi connectivity index (χ2v) is 9.43. The number of ether oxygens (including phenoxy) is 1. The first-order chi connectivity index (χ1) is 18.2. The molecule has 1 aliphatic heterocycles. The van der Waals surface area contributed by atoms with Gasteiger partial charge in [0, 0.05) is 44.7 Å². The number of benzene rings is 1. The molecule has 4 atom stereocenters. The Morgan fingerprint density at radius 1 is 1.21 bits per heavy atom. The van der Waals surface area contributed by atoms with Gasteiger partial charge in [0.1, 0.15) is 23.9 Å². The molecule has 2 heterocycles. The molecule has 0 saturated carbocycles. The smallest absolute Gasteiger partial charge is 0.243 e. The lowest BCUT2D eigenvalue weighted by atomic mass is 9.99. The zero-order chi connectivity index (χ0) is 27.7. The Balaban J connectivity index is 1.80. The maximum absolute atomic E-state index is 13.5. The van der Waals surface area contributed by atoms with Crippen LogP contribution in [0.4, 0.5) is 0 Å². The van der Waals surface area contributed by atoms with E-state index in [1.165, 1.54) is 11.9 Å². The summed E-state index contributed by atoms with van der Waals surface area (Å²) < 4.78 is 6.07. The first-order valence-electron chi connectivity index (χ1n) is 12.7. The number of hydrogen-bond acceptors (Lipinski definition) is 6. The zero-order valence-electron chi connectivity index (χ0n) is 22.2. The van der Waals surface area contributed by atoms with Crippen LogP contribution < -0.4 is 21.1 Å². The lowest BCUT2D eigenvalue weighted by Crippen LogP contribution is -2.53. The molecule has 0 spiro atoms. The van der Waals surface area contributed by atoms with Gasteiger partial charge in [-0.05, 0) is 37.1 Å². The molecule has 3 rings (SSSR count). The van der Waals surface area contributed by atoms with Crippen molar-refractivity contribution in [1.29, 1.82) is 0 Å². The molecule has 1 fully saturated rings. The fourth-order valence-electron chi connectivity index (χ4n) is 4.65. The second kappa shape index (κ2) is 13.5. The highest BCUT2D eigenvalue weighted by atomic mass is 16.5. The highest BCUT2D eigenvalue weighted by molar-refractivity contribution is 5.92. The molecule has 4 N–H and O–H groups in total. The number of amides is 3. The normalized spacial score (nSPS) is 18.6. The van der Waals surface area contributed by atoms with Crippen LogP contribution in [-0.4, -0.2) is 59.4 Å². The Kier molecular flexibility index (Phi) is 10.2. The molecule has 202 valence electrons. The number of rotatable bonds is 11. The van der Waals surface area contributed by atoms with Gasteiger partial charge in [-0.1, -0.05) is 48.6 Å². The second-order valence-electron chi connectivity index (χ2n) is 9.43. The van der Waals surface area contributed by atoms with Gasteiger partial charge in [0.15, 0.2) is 0 Å². The number of likely N-dealkylation sites (N-methyl/N-ethyl adjacent to an activating group) is 1. The van der Waals surface area contributed by atoms with Crippen molar-refractivity contribution < 1.29 is 19.1 Å². The van der Waals surface area contributed by atoms with Gasteiger partial charge in [-0.3, -0.25) is 19.4 Å². The van der Waals surface area contributed by atoms with Gasteiger partial charge in [-0.15, -0.1) is 0 Å². The highest BCUT2D eigenvalue weighted by Gasteiger charge is 2.42. The van der Waals surface area contributed by atoms with E-state index in [2.05, 4.69) is 22.2 Å². The van der Waals surface area contributed by atoms with Crippen LogP contribution >= 0.6 is 0 Å². The molecule has 0 radical (unpaired) electrons. The summed E-state index contributed by atoms with van der Waals surface area (Å²) >= 11 is 0. The Bertz CT molecular complexity index is 1170. The number of pyridine rings is 1. The summed E-state index contributed by atoms with van der Waals surface area (Å²) in [5, 5.41) is 5.41. The predicted octanol–water partition coefficient (Wildman–Crippen LogP) is 2.58. The molecule has 0 bridgehead atoms. The third kappa shape index (κ3) is 7.52. The lowest BCUT2D eigenvalue weighted by molar-refractivity contribution is -0.139. The number of nitrogens with two attached hydrogens (primary N) is 1. The van der Waals surface area contributed by atoms with Crippen molar-refractivity contribution in [1.82, 2.24) is 20.5 Å². The number of aromatic nitrogens is 1. The Morgan fingerprint density at radius 2 is 1.92 bits per heavy atom. The van der Waals surface area contributed by atoms with Crippen molar-refractivity contribution in [2.24, 2.45) is 5.73 Å². The molecule has 9 heteroatoms. The Labute approximate surface area is 224 Å². The molecular formula is C29H37N5O4. The van der Waals surface area contributed by atoms with Crippen molar-refractivity contribution >= 4 is 17.7 Å². The van der Waals surface area contributed by atoms with E-state index in [1.54, 1.807) is 30.6 Å². The van der Waals surface area contributed by atoms with Crippen molar-refractivity contribution in [3.8, 4) is 5.75 Å². The topological polar surface area (TPSA) is 127 Å². The van der Waals surface area contributed by atoms with Crippen LogP contribution in [0.3, 0.4) is 0 Å². The minimum absolute atomic E-state index is 0.0353. The number of nitrogens with one attached hydrogen (secondary N) is 2. The third-order valence-electron chi connectivity index (χ3n) is 6.57. The molecule has 2 unspecified atom stereocenters. The van der Waals surface area contributed by atoms with Crippen LogP contribution in [-0.2, 0) is 14.4 Å². The van der Waals surface area contributed by atoms with E-state index in [0.29, 0.717) is 11.3 Å². The minimum Gasteiger partial charge on any atom is -0.488 e. The Hall–Kier alpha value is -3.98. The number of carbonyl (C=O) groups excluding carboxylic acids is 3. The van der Waals surface area contributed by atoms with Crippen LogP contribution in [0.15, 0.2) is 73.1 Å². The van der Waals surface area contributed by atoms with E-state index in [-0.39, 0.29) is 37.6 Å². The minimum atomic E-state index is -0.831. The molecule has 3 amide bonds. The van der Waals surface area contributed by atoms with Crippen LogP contribution in [0.25, 0.3) is 0 Å². The summed E-state index contributed by atoms with van der Waals surface area (Å²) in [6, 6.07) is 8.94. The highest BCUT2D eigenvalue weighted by Crippen LogP contribution is 2.26. The largest absolute Gasteiger partial charge is 0.488 e. The standard InChI is InChI=1S/C29H37N5O4/c1-5-8-19(2)15-25(28(36)31-4)33-29(37)26-16-22(38-21-11-13-32-14-12-21)18-34(26)27(35)17-24(30)23-10-7-6-9-20(23)3/h5-14,22,24-26H,2,15-18,30H2,1,3-4H3,(H,31,36)(H,33,37)/b8-5-/t22?,24?,25-,26-/m0/s1. The fraction of sp³-hybridized carbons (Fsp3) is 0.379.